The van der Waals surface area contributed by atoms with Crippen LogP contribution in [0.15, 0.2) is 9.72 Å². The molecule has 0 aliphatic heterocycles. The Labute approximate surface area is 125 Å². The van der Waals surface area contributed by atoms with E-state index in [-0.39, 0.29) is 22.1 Å². The largest absolute Gasteiger partial charge is 0.476 e. The summed E-state index contributed by atoms with van der Waals surface area (Å²) in [5.74, 6) is -1.97. The second kappa shape index (κ2) is 6.08. The lowest BCUT2D eigenvalue weighted by atomic mass is 9.86. The van der Waals surface area contributed by atoms with E-state index >= 15 is 0 Å². The van der Waals surface area contributed by atoms with Crippen LogP contribution in [0.3, 0.4) is 0 Å². The number of nitrogens with two attached hydrogens (primary N) is 1. The number of nitrogens with zero attached hydrogens (tertiary/aromatic N) is 1. The lowest BCUT2D eigenvalue weighted by molar-refractivity contribution is -0.122. The number of sulfonamides is 1. The molecule has 0 radical (unpaired) electrons. The molecule has 0 unspecified atom stereocenters. The number of hydrogen-bond donors (Lipinski definition) is 3. The summed E-state index contributed by atoms with van der Waals surface area (Å²) in [6.45, 7) is 0. The molecule has 2 rings (SSSR count). The van der Waals surface area contributed by atoms with Crippen molar-refractivity contribution in [3.05, 3.63) is 11.2 Å². The molecule has 1 amide bonds. The fraction of sp³-hybridized carbons (Fsp3) is 0.545. The Morgan fingerprint density at radius 2 is 1.95 bits per heavy atom. The minimum atomic E-state index is -3.92. The van der Waals surface area contributed by atoms with Gasteiger partial charge < -0.3 is 10.8 Å². The van der Waals surface area contributed by atoms with Gasteiger partial charge in [-0.2, -0.15) is 0 Å². The van der Waals surface area contributed by atoms with Gasteiger partial charge in [-0.1, -0.05) is 0 Å². The van der Waals surface area contributed by atoms with Gasteiger partial charge in [-0.05, 0) is 25.7 Å². The molecule has 1 aromatic rings. The van der Waals surface area contributed by atoms with Crippen LogP contribution in [0.5, 0.6) is 0 Å². The SMILES string of the molecule is NC(=O)C1CCC(NS(=O)(=O)c2scnc2C(=O)O)CC1. The Morgan fingerprint density at radius 3 is 2.48 bits per heavy atom. The topological polar surface area (TPSA) is 139 Å². The van der Waals surface area contributed by atoms with Crippen molar-refractivity contribution in [3.8, 4) is 0 Å². The van der Waals surface area contributed by atoms with Crippen LogP contribution >= 0.6 is 11.3 Å². The van der Waals surface area contributed by atoms with Crippen LogP contribution in [0.2, 0.25) is 0 Å². The summed E-state index contributed by atoms with van der Waals surface area (Å²) in [4.78, 5) is 25.6. The van der Waals surface area contributed by atoms with Crippen LogP contribution in [0.4, 0.5) is 0 Å². The maximum Gasteiger partial charge on any atom is 0.356 e. The van der Waals surface area contributed by atoms with Gasteiger partial charge in [0.05, 0.1) is 5.51 Å². The molecule has 1 saturated carbocycles. The number of nitrogens with one attached hydrogen (secondary N) is 1. The second-order valence-electron chi connectivity index (χ2n) is 4.87. The molecular weight excluding hydrogens is 318 g/mol. The third kappa shape index (κ3) is 3.57. The molecule has 0 spiro atoms. The number of carboxylic acid groups (broad SMARTS) is 1. The zero-order chi connectivity index (χ0) is 15.6. The van der Waals surface area contributed by atoms with E-state index in [1.54, 1.807) is 0 Å². The van der Waals surface area contributed by atoms with Gasteiger partial charge in [0.2, 0.25) is 5.91 Å². The van der Waals surface area contributed by atoms with Gasteiger partial charge in [-0.25, -0.2) is 22.9 Å². The van der Waals surface area contributed by atoms with E-state index in [0.29, 0.717) is 25.7 Å². The summed E-state index contributed by atoms with van der Waals surface area (Å²) >= 11 is 0.762. The normalized spacial score (nSPS) is 22.9. The number of thiazole rings is 1. The van der Waals surface area contributed by atoms with Gasteiger partial charge in [0.15, 0.2) is 9.90 Å². The maximum absolute atomic E-state index is 12.2. The Morgan fingerprint density at radius 1 is 1.33 bits per heavy atom. The molecule has 1 aromatic heterocycles. The molecule has 0 bridgehead atoms. The van der Waals surface area contributed by atoms with Crippen LogP contribution in [-0.4, -0.2) is 36.4 Å². The van der Waals surface area contributed by atoms with Crippen molar-refractivity contribution in [1.29, 1.82) is 0 Å². The number of aromatic nitrogens is 1. The molecule has 1 fully saturated rings. The number of hydrogen-bond acceptors (Lipinski definition) is 6. The van der Waals surface area contributed by atoms with E-state index in [0.717, 1.165) is 11.3 Å². The van der Waals surface area contributed by atoms with Gasteiger partial charge >= 0.3 is 5.97 Å². The summed E-state index contributed by atoms with van der Waals surface area (Å²) in [6.07, 6.45) is 2.04. The molecule has 1 aliphatic rings. The molecule has 0 atom stereocenters. The van der Waals surface area contributed by atoms with Crippen molar-refractivity contribution in [2.45, 2.75) is 35.9 Å². The van der Waals surface area contributed by atoms with E-state index in [1.807, 2.05) is 0 Å². The smallest absolute Gasteiger partial charge is 0.356 e. The fourth-order valence-electron chi connectivity index (χ4n) is 2.34. The molecular formula is C11H15N3O5S2. The number of carboxylic acids is 1. The van der Waals surface area contributed by atoms with Crippen LogP contribution < -0.4 is 10.5 Å². The highest BCUT2D eigenvalue weighted by Crippen LogP contribution is 2.26. The molecule has 8 nitrogen and oxygen atoms in total. The number of aromatic carboxylic acids is 1. The summed E-state index contributed by atoms with van der Waals surface area (Å²) in [5.41, 5.74) is 5.93. The third-order valence-corrected chi connectivity index (χ3v) is 6.32. The highest BCUT2D eigenvalue weighted by molar-refractivity contribution is 7.91. The number of rotatable bonds is 5. The van der Waals surface area contributed by atoms with Crippen molar-refractivity contribution in [1.82, 2.24) is 9.71 Å². The van der Waals surface area contributed by atoms with Crippen LogP contribution in [0.25, 0.3) is 0 Å². The Balaban J connectivity index is 2.07. The number of carbonyl (C=O) groups is 2. The highest BCUT2D eigenvalue weighted by Gasteiger charge is 2.31. The average molecular weight is 333 g/mol. The zero-order valence-corrected chi connectivity index (χ0v) is 12.6. The van der Waals surface area contributed by atoms with Gasteiger partial charge in [-0.15, -0.1) is 11.3 Å². The minimum Gasteiger partial charge on any atom is -0.476 e. The zero-order valence-electron chi connectivity index (χ0n) is 11.0. The van der Waals surface area contributed by atoms with E-state index in [9.17, 15) is 18.0 Å². The molecule has 116 valence electrons. The van der Waals surface area contributed by atoms with Crippen molar-refractivity contribution in [2.75, 3.05) is 0 Å². The quantitative estimate of drug-likeness (QED) is 0.701. The molecule has 4 N–H and O–H groups in total. The van der Waals surface area contributed by atoms with E-state index in [4.69, 9.17) is 10.8 Å². The first-order chi connectivity index (χ1) is 9.81. The molecule has 21 heavy (non-hydrogen) atoms. The third-order valence-electron chi connectivity index (χ3n) is 3.43. The first kappa shape index (κ1) is 15.9. The predicted octanol–water partition coefficient (Wildman–Crippen LogP) is 0.164. The van der Waals surface area contributed by atoms with Crippen LogP contribution in [-0.2, 0) is 14.8 Å². The Kier molecular flexibility index (Phi) is 4.59. The Bertz CT molecular complexity index is 647. The summed E-state index contributed by atoms with van der Waals surface area (Å²) in [5, 5.41) is 8.92. The van der Waals surface area contributed by atoms with Gasteiger partial charge in [-0.3, -0.25) is 4.79 Å². The van der Waals surface area contributed by atoms with Crippen molar-refractivity contribution in [3.63, 3.8) is 0 Å². The fourth-order valence-corrected chi connectivity index (χ4v) is 4.80. The van der Waals surface area contributed by atoms with Gasteiger partial charge in [0.1, 0.15) is 0 Å². The van der Waals surface area contributed by atoms with Crippen molar-refractivity contribution < 1.29 is 23.1 Å². The summed E-state index contributed by atoms with van der Waals surface area (Å²) in [6, 6.07) is -0.325. The highest BCUT2D eigenvalue weighted by atomic mass is 32.2. The monoisotopic (exact) mass is 333 g/mol. The van der Waals surface area contributed by atoms with Crippen molar-refractivity contribution in [2.24, 2.45) is 11.7 Å². The van der Waals surface area contributed by atoms with Crippen LogP contribution in [0, 0.1) is 5.92 Å². The van der Waals surface area contributed by atoms with Gasteiger partial charge in [0, 0.05) is 12.0 Å². The first-order valence-corrected chi connectivity index (χ1v) is 8.66. The average Bonchev–Trinajstić information content (AvgIpc) is 2.89. The molecule has 0 saturated heterocycles. The molecule has 1 aliphatic carbocycles. The summed E-state index contributed by atoms with van der Waals surface area (Å²) < 4.78 is 26.6. The minimum absolute atomic E-state index is 0.219. The molecule has 1 heterocycles. The van der Waals surface area contributed by atoms with Gasteiger partial charge in [0.25, 0.3) is 10.0 Å². The summed E-state index contributed by atoms with van der Waals surface area (Å²) in [7, 11) is -3.92. The van der Waals surface area contributed by atoms with Crippen molar-refractivity contribution >= 4 is 33.2 Å². The van der Waals surface area contributed by atoms with E-state index < -0.39 is 21.7 Å². The first-order valence-electron chi connectivity index (χ1n) is 6.29. The molecule has 0 aromatic carbocycles. The lowest BCUT2D eigenvalue weighted by Crippen LogP contribution is -2.39. The molecule has 10 heteroatoms. The number of primary amides is 1. The lowest BCUT2D eigenvalue weighted by Gasteiger charge is -2.26. The standard InChI is InChI=1S/C11H15N3O5S2/c12-9(15)6-1-3-7(4-2-6)14-21(18,19)11-8(10(16)17)13-5-20-11/h5-7,14H,1-4H2,(H2,12,15)(H,16,17). The second-order valence-corrected chi connectivity index (χ2v) is 7.63. The van der Waals surface area contributed by atoms with E-state index in [1.165, 1.54) is 5.51 Å². The number of carbonyl (C=O) groups excluding carboxylic acids is 1. The van der Waals surface area contributed by atoms with Crippen LogP contribution in [0.1, 0.15) is 36.2 Å². The number of amides is 1. The Hall–Kier alpha value is -1.52. The predicted molar refractivity (Wildman–Crippen MR) is 74.3 cm³/mol. The van der Waals surface area contributed by atoms with E-state index in [2.05, 4.69) is 9.71 Å². The maximum atomic E-state index is 12.2.